The van der Waals surface area contributed by atoms with Crippen LogP contribution in [0.25, 0.3) is 0 Å². The van der Waals surface area contributed by atoms with Crippen molar-refractivity contribution in [3.8, 4) is 0 Å². The largest absolute Gasteiger partial charge is 0.345 e. The Hall–Kier alpha value is -0.115. The molecule has 0 radical (unpaired) electrons. The zero-order valence-electron chi connectivity index (χ0n) is 17.5. The van der Waals surface area contributed by atoms with Gasteiger partial charge in [0.2, 0.25) is 5.91 Å². The van der Waals surface area contributed by atoms with Crippen molar-refractivity contribution in [3.63, 3.8) is 0 Å². The zero-order chi connectivity index (χ0) is 18.9. The number of hydrogen-bond acceptors (Lipinski definition) is 2. The van der Waals surface area contributed by atoms with E-state index in [2.05, 4.69) is 80.3 Å². The standard InChI is InChI=1S/C20H40BNOS/c1-13(2)19(8)12-20(9,15(19)4)17(23)22-16(24)11-21-14(3)10-18(5,6)7/h13-16,21,24H,10-12H2,1-9H3,(H,22,23). The first kappa shape index (κ1) is 21.9. The number of hydrogen-bond donors (Lipinski definition) is 2. The number of amides is 1. The molecule has 1 rings (SSSR count). The van der Waals surface area contributed by atoms with Crippen LogP contribution in [0, 0.1) is 28.1 Å². The lowest BCUT2D eigenvalue weighted by atomic mass is 9.43. The normalized spacial score (nSPS) is 32.9. The van der Waals surface area contributed by atoms with E-state index in [1.54, 1.807) is 0 Å². The van der Waals surface area contributed by atoms with Crippen molar-refractivity contribution in [2.75, 3.05) is 0 Å². The monoisotopic (exact) mass is 353 g/mol. The van der Waals surface area contributed by atoms with Gasteiger partial charge in [0.05, 0.1) is 10.8 Å². The van der Waals surface area contributed by atoms with Crippen molar-refractivity contribution in [2.24, 2.45) is 28.1 Å². The summed E-state index contributed by atoms with van der Waals surface area (Å²) < 4.78 is 0. The number of carbonyl (C=O) groups is 1. The van der Waals surface area contributed by atoms with E-state index in [1.807, 2.05) is 0 Å². The highest BCUT2D eigenvalue weighted by Gasteiger charge is 2.60. The fraction of sp³-hybridized carbons (Fsp3) is 0.950. The van der Waals surface area contributed by atoms with Crippen LogP contribution in [0.15, 0.2) is 0 Å². The Morgan fingerprint density at radius 2 is 1.83 bits per heavy atom. The predicted octanol–water partition coefficient (Wildman–Crippen LogP) is 5.17. The van der Waals surface area contributed by atoms with Crippen molar-refractivity contribution in [3.05, 3.63) is 0 Å². The Labute approximate surface area is 157 Å². The fourth-order valence-electron chi connectivity index (χ4n) is 4.65. The Morgan fingerprint density at radius 1 is 1.29 bits per heavy atom. The second-order valence-corrected chi connectivity index (χ2v) is 11.0. The summed E-state index contributed by atoms with van der Waals surface area (Å²) in [6.45, 7) is 20.4. The summed E-state index contributed by atoms with van der Waals surface area (Å²) in [5, 5.41) is 3.14. The summed E-state index contributed by atoms with van der Waals surface area (Å²) >= 11 is 4.63. The van der Waals surface area contributed by atoms with E-state index in [9.17, 15) is 4.79 Å². The van der Waals surface area contributed by atoms with Gasteiger partial charge in [-0.25, -0.2) is 0 Å². The molecule has 0 aliphatic heterocycles. The lowest BCUT2D eigenvalue weighted by Crippen LogP contribution is -2.61. The molecule has 0 spiro atoms. The van der Waals surface area contributed by atoms with Crippen LogP contribution in [0.5, 0.6) is 0 Å². The van der Waals surface area contributed by atoms with Gasteiger partial charge in [-0.2, -0.15) is 12.6 Å². The van der Waals surface area contributed by atoms with E-state index in [1.165, 1.54) is 6.42 Å². The molecule has 1 N–H and O–H groups in total. The third-order valence-electron chi connectivity index (χ3n) is 6.72. The van der Waals surface area contributed by atoms with Gasteiger partial charge < -0.3 is 5.32 Å². The van der Waals surface area contributed by atoms with Crippen LogP contribution < -0.4 is 5.32 Å². The zero-order valence-corrected chi connectivity index (χ0v) is 18.4. The minimum Gasteiger partial charge on any atom is -0.345 e. The van der Waals surface area contributed by atoms with Crippen molar-refractivity contribution >= 4 is 25.8 Å². The molecule has 24 heavy (non-hydrogen) atoms. The third-order valence-corrected chi connectivity index (χ3v) is 7.11. The molecule has 0 saturated heterocycles. The fourth-order valence-corrected chi connectivity index (χ4v) is 4.92. The topological polar surface area (TPSA) is 29.1 Å². The Bertz CT molecular complexity index is 447. The lowest BCUT2D eigenvalue weighted by Gasteiger charge is -2.60. The van der Waals surface area contributed by atoms with Crippen LogP contribution in [0.2, 0.25) is 12.1 Å². The van der Waals surface area contributed by atoms with Crippen LogP contribution in [0.3, 0.4) is 0 Å². The van der Waals surface area contributed by atoms with E-state index in [0.717, 1.165) is 20.0 Å². The third kappa shape index (κ3) is 4.96. The van der Waals surface area contributed by atoms with E-state index < -0.39 is 0 Å². The minimum atomic E-state index is -0.239. The maximum atomic E-state index is 12.8. The van der Waals surface area contributed by atoms with Gasteiger partial charge in [-0.1, -0.05) is 74.6 Å². The van der Waals surface area contributed by atoms with Gasteiger partial charge in [-0.3, -0.25) is 4.79 Å². The number of carbonyl (C=O) groups excluding carboxylic acids is 1. The number of thiol groups is 1. The quantitative estimate of drug-likeness (QED) is 0.369. The van der Waals surface area contributed by atoms with Gasteiger partial charge >= 0.3 is 0 Å². The molecule has 4 heteroatoms. The van der Waals surface area contributed by atoms with Crippen molar-refractivity contribution in [1.82, 2.24) is 5.32 Å². The summed E-state index contributed by atoms with van der Waals surface area (Å²) in [6, 6.07) is 0. The van der Waals surface area contributed by atoms with E-state index in [4.69, 9.17) is 0 Å². The summed E-state index contributed by atoms with van der Waals surface area (Å²) in [7, 11) is 1.11. The van der Waals surface area contributed by atoms with Crippen LogP contribution in [-0.4, -0.2) is 18.6 Å². The lowest BCUT2D eigenvalue weighted by molar-refractivity contribution is -0.165. The molecule has 1 saturated carbocycles. The second-order valence-electron chi connectivity index (χ2n) is 10.4. The summed E-state index contributed by atoms with van der Waals surface area (Å²) in [5.74, 6) is 1.87. The Kier molecular flexibility index (Phi) is 6.98. The van der Waals surface area contributed by atoms with Gasteiger partial charge in [-0.05, 0) is 35.4 Å². The van der Waals surface area contributed by atoms with Crippen LogP contribution >= 0.6 is 12.6 Å². The highest BCUT2D eigenvalue weighted by atomic mass is 32.1. The van der Waals surface area contributed by atoms with Gasteiger partial charge in [0.15, 0.2) is 0 Å². The molecule has 5 atom stereocenters. The molecule has 0 aromatic rings. The maximum Gasteiger partial charge on any atom is 0.227 e. The van der Waals surface area contributed by atoms with E-state index >= 15 is 0 Å². The molecule has 0 bridgehead atoms. The molecule has 1 fully saturated rings. The Balaban J connectivity index is 2.48. The van der Waals surface area contributed by atoms with Gasteiger partial charge in [-0.15, -0.1) is 0 Å². The summed E-state index contributed by atoms with van der Waals surface area (Å²) in [4.78, 5) is 12.8. The summed E-state index contributed by atoms with van der Waals surface area (Å²) in [6.07, 6.45) is 3.13. The number of rotatable bonds is 7. The van der Waals surface area contributed by atoms with Gasteiger partial charge in [0, 0.05) is 0 Å². The molecular formula is C20H40BNOS. The van der Waals surface area contributed by atoms with Gasteiger partial charge in [0.25, 0.3) is 0 Å². The Morgan fingerprint density at radius 3 is 2.25 bits per heavy atom. The SMILES string of the molecule is CC(BCC(S)NC(=O)C1(C)CC(C)(C(C)C)C1C)CC(C)(C)C. The second kappa shape index (κ2) is 7.64. The first-order valence-electron chi connectivity index (χ1n) is 9.71. The first-order valence-corrected chi connectivity index (χ1v) is 10.2. The minimum absolute atomic E-state index is 0.0325. The van der Waals surface area contributed by atoms with Crippen molar-refractivity contribution in [2.45, 2.75) is 92.7 Å². The average Bonchev–Trinajstić information content (AvgIpc) is 2.42. The van der Waals surface area contributed by atoms with Crippen molar-refractivity contribution in [1.29, 1.82) is 0 Å². The molecule has 0 aromatic heterocycles. The highest BCUT2D eigenvalue weighted by Crippen LogP contribution is 2.62. The van der Waals surface area contributed by atoms with Gasteiger partial charge in [0.1, 0.15) is 7.28 Å². The van der Waals surface area contributed by atoms with E-state index in [-0.39, 0.29) is 22.1 Å². The smallest absolute Gasteiger partial charge is 0.227 e. The molecule has 1 aliphatic rings. The molecule has 2 nitrogen and oxygen atoms in total. The predicted molar refractivity (Wildman–Crippen MR) is 111 cm³/mol. The first-order chi connectivity index (χ1) is 10.7. The molecule has 1 aliphatic carbocycles. The summed E-state index contributed by atoms with van der Waals surface area (Å²) in [5.41, 5.74) is 0.404. The average molecular weight is 353 g/mol. The van der Waals surface area contributed by atoms with Crippen LogP contribution in [0.1, 0.15) is 75.2 Å². The number of nitrogens with one attached hydrogen (secondary N) is 1. The highest BCUT2D eigenvalue weighted by molar-refractivity contribution is 7.81. The van der Waals surface area contributed by atoms with Crippen LogP contribution in [0.4, 0.5) is 0 Å². The maximum absolute atomic E-state index is 12.8. The molecule has 0 aromatic carbocycles. The van der Waals surface area contributed by atoms with E-state index in [0.29, 0.717) is 23.1 Å². The molecule has 5 unspecified atom stereocenters. The molecular weight excluding hydrogens is 313 g/mol. The van der Waals surface area contributed by atoms with Crippen LogP contribution in [-0.2, 0) is 4.79 Å². The molecule has 1 amide bonds. The molecule has 0 heterocycles. The van der Waals surface area contributed by atoms with Crippen molar-refractivity contribution < 1.29 is 4.79 Å². The molecule has 140 valence electrons.